The fraction of sp³-hybridized carbons (Fsp3) is 0.667. The Morgan fingerprint density at radius 1 is 0.882 bits per heavy atom. The van der Waals surface area contributed by atoms with Crippen molar-refractivity contribution in [1.82, 2.24) is 0 Å². The third-order valence-corrected chi connectivity index (χ3v) is 3.93. The summed E-state index contributed by atoms with van der Waals surface area (Å²) in [7, 11) is -9.50. The molecule has 0 aromatic rings. The first-order valence-electron chi connectivity index (χ1n) is 4.05. The normalized spacial score (nSPS) is 16.0. The molecule has 9 nitrogen and oxygen atoms in total. The van der Waals surface area contributed by atoms with Crippen molar-refractivity contribution in [2.45, 2.75) is 24.3 Å². The lowest BCUT2D eigenvalue weighted by atomic mass is 10.4. The molecule has 0 aromatic carbocycles. The standard InChI is InChI=1S/C6H10O9S2/c1-3(16(9,10)11)5(7)15-6(8)4(2)17(12,13)14/h3-4H,1-2H3,(H,9,10,11)(H,12,13,14). The maximum Gasteiger partial charge on any atom is 0.334 e. The molecule has 0 bridgehead atoms. The Bertz CT molecular complexity index is 466. The predicted molar refractivity (Wildman–Crippen MR) is 53.1 cm³/mol. The first kappa shape index (κ1) is 16.0. The molecule has 0 rings (SSSR count). The smallest absolute Gasteiger partial charge is 0.334 e. The molecule has 2 N–H and O–H groups in total. The molecule has 100 valence electrons. The molecule has 0 aromatic heterocycles. The molecule has 0 spiro atoms. The molecule has 0 fully saturated rings. The van der Waals surface area contributed by atoms with Crippen molar-refractivity contribution in [3.05, 3.63) is 0 Å². The van der Waals surface area contributed by atoms with Crippen LogP contribution in [0.1, 0.15) is 13.8 Å². The lowest BCUT2D eigenvalue weighted by molar-refractivity contribution is -0.158. The van der Waals surface area contributed by atoms with Crippen LogP contribution in [0.4, 0.5) is 0 Å². The van der Waals surface area contributed by atoms with Gasteiger partial charge < -0.3 is 4.74 Å². The van der Waals surface area contributed by atoms with E-state index in [1.54, 1.807) is 0 Å². The van der Waals surface area contributed by atoms with E-state index < -0.39 is 42.7 Å². The summed E-state index contributed by atoms with van der Waals surface area (Å²) in [5.41, 5.74) is 0. The van der Waals surface area contributed by atoms with Crippen LogP contribution in [-0.4, -0.2) is 48.4 Å². The number of hydrogen-bond donors (Lipinski definition) is 2. The third kappa shape index (κ3) is 4.77. The molecule has 0 amide bonds. The van der Waals surface area contributed by atoms with Gasteiger partial charge in [0.2, 0.25) is 0 Å². The van der Waals surface area contributed by atoms with Crippen LogP contribution in [0.15, 0.2) is 0 Å². The summed E-state index contributed by atoms with van der Waals surface area (Å²) >= 11 is 0. The number of carbonyl (C=O) groups is 2. The summed E-state index contributed by atoms with van der Waals surface area (Å²) in [5.74, 6) is -3.29. The predicted octanol–water partition coefficient (Wildman–Crippen LogP) is -1.39. The van der Waals surface area contributed by atoms with Gasteiger partial charge in [0.05, 0.1) is 0 Å². The van der Waals surface area contributed by atoms with E-state index >= 15 is 0 Å². The van der Waals surface area contributed by atoms with E-state index in [2.05, 4.69) is 4.74 Å². The molecule has 0 radical (unpaired) electrons. The average molecular weight is 290 g/mol. The van der Waals surface area contributed by atoms with Crippen LogP contribution >= 0.6 is 0 Å². The van der Waals surface area contributed by atoms with Gasteiger partial charge in [-0.05, 0) is 13.8 Å². The van der Waals surface area contributed by atoms with Crippen LogP contribution in [0.25, 0.3) is 0 Å². The monoisotopic (exact) mass is 290 g/mol. The average Bonchev–Trinajstić information content (AvgIpc) is 2.12. The third-order valence-electron chi connectivity index (χ3n) is 1.76. The first-order valence-corrected chi connectivity index (χ1v) is 7.06. The second-order valence-electron chi connectivity index (χ2n) is 3.05. The largest absolute Gasteiger partial charge is 0.391 e. The molecule has 0 heterocycles. The highest BCUT2D eigenvalue weighted by atomic mass is 32.2. The maximum atomic E-state index is 11.0. The first-order chi connectivity index (χ1) is 7.37. The van der Waals surface area contributed by atoms with E-state index in [-0.39, 0.29) is 0 Å². The molecule has 0 saturated carbocycles. The van der Waals surface area contributed by atoms with Crippen LogP contribution in [-0.2, 0) is 34.6 Å². The molecule has 0 aliphatic carbocycles. The number of rotatable bonds is 4. The van der Waals surface area contributed by atoms with E-state index in [9.17, 15) is 26.4 Å². The molecule has 0 aliphatic heterocycles. The lowest BCUT2D eigenvalue weighted by Crippen LogP contribution is -2.35. The molecular formula is C6H10O9S2. The Labute approximate surface area is 97.3 Å². The van der Waals surface area contributed by atoms with Gasteiger partial charge in [0.1, 0.15) is 0 Å². The summed E-state index contributed by atoms with van der Waals surface area (Å²) in [6, 6.07) is 0. The topological polar surface area (TPSA) is 152 Å². The molecule has 11 heteroatoms. The van der Waals surface area contributed by atoms with Crippen molar-refractivity contribution in [3.63, 3.8) is 0 Å². The Morgan fingerprint density at radius 3 is 1.29 bits per heavy atom. The number of carbonyl (C=O) groups excluding carboxylic acids is 2. The molecule has 0 saturated heterocycles. The van der Waals surface area contributed by atoms with Crippen molar-refractivity contribution < 1.29 is 40.3 Å². The highest BCUT2D eigenvalue weighted by Crippen LogP contribution is 2.05. The van der Waals surface area contributed by atoms with Crippen LogP contribution in [0.5, 0.6) is 0 Å². The fourth-order valence-corrected chi connectivity index (χ4v) is 1.09. The summed E-state index contributed by atoms with van der Waals surface area (Å²) in [6.07, 6.45) is 0. The zero-order valence-electron chi connectivity index (χ0n) is 8.72. The van der Waals surface area contributed by atoms with Gasteiger partial charge in [-0.3, -0.25) is 18.7 Å². The highest BCUT2D eigenvalue weighted by molar-refractivity contribution is 7.87. The number of esters is 2. The van der Waals surface area contributed by atoms with Gasteiger partial charge in [0, 0.05) is 0 Å². The second-order valence-corrected chi connectivity index (χ2v) is 6.53. The van der Waals surface area contributed by atoms with Gasteiger partial charge in [0.25, 0.3) is 20.2 Å². The Hall–Kier alpha value is -1.04. The van der Waals surface area contributed by atoms with Crippen molar-refractivity contribution in [1.29, 1.82) is 0 Å². The van der Waals surface area contributed by atoms with Crippen LogP contribution in [0, 0.1) is 0 Å². The van der Waals surface area contributed by atoms with Gasteiger partial charge >= 0.3 is 11.9 Å². The minimum absolute atomic E-state index is 0.739. The fourth-order valence-electron chi connectivity index (χ4n) is 0.508. The lowest BCUT2D eigenvalue weighted by Gasteiger charge is -2.09. The van der Waals surface area contributed by atoms with Gasteiger partial charge in [-0.2, -0.15) is 16.8 Å². The molecular weight excluding hydrogens is 280 g/mol. The van der Waals surface area contributed by atoms with E-state index in [1.807, 2.05) is 0 Å². The van der Waals surface area contributed by atoms with Gasteiger partial charge in [-0.1, -0.05) is 0 Å². The van der Waals surface area contributed by atoms with E-state index in [1.165, 1.54) is 0 Å². The summed E-state index contributed by atoms with van der Waals surface area (Å²) < 4.78 is 62.8. The number of hydrogen-bond acceptors (Lipinski definition) is 7. The highest BCUT2D eigenvalue weighted by Gasteiger charge is 2.34. The van der Waals surface area contributed by atoms with Gasteiger partial charge in [-0.25, -0.2) is 0 Å². The summed E-state index contributed by atoms with van der Waals surface area (Å²) in [6.45, 7) is 1.48. The molecule has 2 unspecified atom stereocenters. The van der Waals surface area contributed by atoms with E-state index in [0.29, 0.717) is 0 Å². The minimum atomic E-state index is -4.75. The Balaban J connectivity index is 4.80. The quantitative estimate of drug-likeness (QED) is 0.362. The molecule has 17 heavy (non-hydrogen) atoms. The Morgan fingerprint density at radius 2 is 1.12 bits per heavy atom. The van der Waals surface area contributed by atoms with Crippen LogP contribution in [0.3, 0.4) is 0 Å². The van der Waals surface area contributed by atoms with Crippen molar-refractivity contribution in [3.8, 4) is 0 Å². The van der Waals surface area contributed by atoms with Gasteiger partial charge in [-0.15, -0.1) is 0 Å². The van der Waals surface area contributed by atoms with E-state index in [0.717, 1.165) is 13.8 Å². The molecule has 2 atom stereocenters. The summed E-state index contributed by atoms with van der Waals surface area (Å²) in [4.78, 5) is 21.9. The Kier molecular flexibility index (Phi) is 4.77. The molecule has 0 aliphatic rings. The van der Waals surface area contributed by atoms with Crippen molar-refractivity contribution >= 4 is 32.2 Å². The van der Waals surface area contributed by atoms with Gasteiger partial charge in [0.15, 0.2) is 10.5 Å². The van der Waals surface area contributed by atoms with Crippen LogP contribution < -0.4 is 0 Å². The van der Waals surface area contributed by atoms with E-state index in [4.69, 9.17) is 9.11 Å². The second kappa shape index (κ2) is 5.08. The van der Waals surface area contributed by atoms with Crippen LogP contribution in [0.2, 0.25) is 0 Å². The number of ether oxygens (including phenoxy) is 1. The van der Waals surface area contributed by atoms with Crippen molar-refractivity contribution in [2.24, 2.45) is 0 Å². The SMILES string of the molecule is CC(C(=O)OC(=O)C(C)S(=O)(=O)O)S(=O)(=O)O. The zero-order valence-corrected chi connectivity index (χ0v) is 10.4. The minimum Gasteiger partial charge on any atom is -0.391 e. The zero-order chi connectivity index (χ0) is 14.0. The summed E-state index contributed by atoms with van der Waals surface area (Å²) in [5, 5.41) is -4.08. The van der Waals surface area contributed by atoms with Crippen molar-refractivity contribution in [2.75, 3.05) is 0 Å². The maximum absolute atomic E-state index is 11.0.